The van der Waals surface area contributed by atoms with Crippen LogP contribution >= 0.6 is 0 Å². The van der Waals surface area contributed by atoms with Crippen LogP contribution in [0.2, 0.25) is 0 Å². The third-order valence-corrected chi connectivity index (χ3v) is 9.37. The molecule has 0 atom stereocenters. The smallest absolute Gasteiger partial charge is 0.145 e. The van der Waals surface area contributed by atoms with Gasteiger partial charge in [0, 0.05) is 12.8 Å². The molecule has 0 aliphatic carbocycles. The van der Waals surface area contributed by atoms with Crippen molar-refractivity contribution < 1.29 is 31.9 Å². The highest BCUT2D eigenvalue weighted by molar-refractivity contribution is 6.02. The van der Waals surface area contributed by atoms with Gasteiger partial charge in [-0.3, -0.25) is 9.59 Å². The van der Waals surface area contributed by atoms with E-state index in [-0.39, 0.29) is 30.6 Å². The third kappa shape index (κ3) is 34.7. The molecule has 0 saturated heterocycles. The maximum absolute atomic E-state index is 13.0. The summed E-state index contributed by atoms with van der Waals surface area (Å²) in [6, 6.07) is 0. The molecule has 45 heavy (non-hydrogen) atoms. The van der Waals surface area contributed by atoms with Crippen molar-refractivity contribution in [3.05, 3.63) is 0 Å². The van der Waals surface area contributed by atoms with Crippen molar-refractivity contribution in [2.24, 2.45) is 5.92 Å². The molecule has 1 N–H and O–H groups in total. The summed E-state index contributed by atoms with van der Waals surface area (Å²) in [6.07, 6.45) is 40.6. The first-order chi connectivity index (χ1) is 21.5. The highest BCUT2D eigenvalue weighted by Crippen LogP contribution is 2.17. The van der Waals surface area contributed by atoms with Crippen molar-refractivity contribution in [3.63, 3.8) is 0 Å². The molecule has 0 heterocycles. The molecule has 0 radical (unpaired) electrons. The number of carbonyl (C=O) groups excluding carboxylic acids is 2. The van der Waals surface area contributed by atoms with Crippen molar-refractivity contribution >= 4 is 11.6 Å². The summed E-state index contributed by atoms with van der Waals surface area (Å²) in [5, 5.41) is 0.828. The average molecular weight is 659 g/mol. The van der Waals surface area contributed by atoms with Gasteiger partial charge in [-0.1, -0.05) is 194 Å². The fraction of sp³-hybridized carbons (Fsp3) is 0.950. The first-order valence-electron chi connectivity index (χ1n) is 20.0. The lowest BCUT2D eigenvalue weighted by atomic mass is 9.92. The molecule has 0 aromatic carbocycles. The summed E-state index contributed by atoms with van der Waals surface area (Å²) in [4.78, 5) is 31.6. The Labute approximate surface area is 288 Å². The number of hydrogen-bond acceptors (Lipinski definition) is 3. The third-order valence-electron chi connectivity index (χ3n) is 9.37. The number of ketones is 2. The molecule has 0 aromatic rings. The number of halogens is 1. The predicted octanol–water partition coefficient (Wildman–Crippen LogP) is 8.34. The minimum Gasteiger partial charge on any atom is -1.00 e. The Bertz CT molecular complexity index is 566. The van der Waals surface area contributed by atoms with Crippen molar-refractivity contribution in [2.75, 3.05) is 20.7 Å². The van der Waals surface area contributed by atoms with Gasteiger partial charge >= 0.3 is 0 Å². The maximum atomic E-state index is 13.0. The standard InChI is InChI=1S/C40H79NO3.ClH/c1-5-7-9-11-13-15-17-19-21-23-25-27-29-31-33-35-39(42)38(37-44-41(3)4)40(43)36-34-32-30-28-26-24-22-20-18-16-14-12-10-8-6-2;/h38H,5-37H2,1-4H3;1H. The van der Waals surface area contributed by atoms with Gasteiger partial charge in [-0.25, -0.2) is 4.84 Å². The van der Waals surface area contributed by atoms with E-state index in [1.807, 2.05) is 14.1 Å². The lowest BCUT2D eigenvalue weighted by Crippen LogP contribution is -3.04. The average Bonchev–Trinajstić information content (AvgIpc) is 3.01. The van der Waals surface area contributed by atoms with E-state index in [0.717, 1.165) is 30.7 Å². The van der Waals surface area contributed by atoms with Crippen molar-refractivity contribution in [2.45, 2.75) is 219 Å². The molecular formula is C40H80ClNO3. The summed E-state index contributed by atoms with van der Waals surface area (Å²) in [7, 11) is 3.80. The normalized spacial score (nSPS) is 11.4. The molecular weight excluding hydrogens is 578 g/mol. The summed E-state index contributed by atoms with van der Waals surface area (Å²) >= 11 is 0. The van der Waals surface area contributed by atoms with Gasteiger partial charge < -0.3 is 12.4 Å². The number of quaternary nitrogens is 1. The van der Waals surface area contributed by atoms with Crippen LogP contribution in [0.15, 0.2) is 0 Å². The van der Waals surface area contributed by atoms with Gasteiger partial charge in [0.15, 0.2) is 0 Å². The minimum absolute atomic E-state index is 0. The van der Waals surface area contributed by atoms with Gasteiger partial charge in [-0.2, -0.15) is 5.06 Å². The lowest BCUT2D eigenvalue weighted by Gasteiger charge is -2.16. The zero-order valence-corrected chi connectivity index (χ0v) is 31.8. The second-order valence-corrected chi connectivity index (χ2v) is 14.1. The largest absolute Gasteiger partial charge is 1.00 e. The number of carbonyl (C=O) groups is 2. The Balaban J connectivity index is 0. The molecule has 0 aromatic heterocycles. The molecule has 0 saturated carbocycles. The second-order valence-electron chi connectivity index (χ2n) is 14.1. The lowest BCUT2D eigenvalue weighted by molar-refractivity contribution is -1.06. The molecule has 0 spiro atoms. The molecule has 0 unspecified atom stereocenters. The highest BCUT2D eigenvalue weighted by Gasteiger charge is 2.27. The van der Waals surface area contributed by atoms with Crippen molar-refractivity contribution in [3.8, 4) is 0 Å². The van der Waals surface area contributed by atoms with Crippen LogP contribution in [0.3, 0.4) is 0 Å². The van der Waals surface area contributed by atoms with Crippen LogP contribution in [0.1, 0.15) is 219 Å². The Morgan fingerprint density at radius 2 is 0.644 bits per heavy atom. The molecule has 5 heteroatoms. The van der Waals surface area contributed by atoms with Crippen LogP contribution in [0.4, 0.5) is 0 Å². The van der Waals surface area contributed by atoms with Gasteiger partial charge in [0.05, 0.1) is 14.1 Å². The maximum Gasteiger partial charge on any atom is 0.145 e. The van der Waals surface area contributed by atoms with Gasteiger partial charge in [-0.05, 0) is 12.8 Å². The first kappa shape index (κ1) is 46.7. The van der Waals surface area contributed by atoms with Crippen LogP contribution in [-0.4, -0.2) is 32.3 Å². The fourth-order valence-electron chi connectivity index (χ4n) is 6.31. The van der Waals surface area contributed by atoms with Crippen molar-refractivity contribution in [1.82, 2.24) is 0 Å². The summed E-state index contributed by atoms with van der Waals surface area (Å²) in [5.74, 6) is -0.359. The summed E-state index contributed by atoms with van der Waals surface area (Å²) in [5.41, 5.74) is 0. The number of hydroxylamine groups is 2. The van der Waals surface area contributed by atoms with E-state index in [2.05, 4.69) is 13.8 Å². The fourth-order valence-corrected chi connectivity index (χ4v) is 6.31. The Morgan fingerprint density at radius 3 is 0.867 bits per heavy atom. The SMILES string of the molecule is CCCCCCCCCCCCCCCCCC(=O)C(CO[NH+](C)C)C(=O)CCCCCCCCCCCCCCCCC.[Cl-]. The topological polar surface area (TPSA) is 47.8 Å². The Hall–Kier alpha value is -0.450. The zero-order chi connectivity index (χ0) is 32.4. The number of unbranched alkanes of at least 4 members (excludes halogenated alkanes) is 28. The molecule has 0 rings (SSSR count). The molecule has 0 bridgehead atoms. The minimum atomic E-state index is -0.566. The number of hydrogen-bond donors (Lipinski definition) is 1. The van der Waals surface area contributed by atoms with E-state index in [0.29, 0.717) is 12.8 Å². The van der Waals surface area contributed by atoms with Gasteiger partial charge in [-0.15, -0.1) is 0 Å². The van der Waals surface area contributed by atoms with E-state index in [4.69, 9.17) is 4.84 Å². The van der Waals surface area contributed by atoms with E-state index in [1.54, 1.807) is 0 Å². The van der Waals surface area contributed by atoms with Crippen LogP contribution < -0.4 is 17.5 Å². The Kier molecular flexibility index (Phi) is 39.4. The second kappa shape index (κ2) is 38.0. The van der Waals surface area contributed by atoms with Gasteiger partial charge in [0.25, 0.3) is 0 Å². The summed E-state index contributed by atoms with van der Waals surface area (Å²) in [6.45, 7) is 4.80. The van der Waals surface area contributed by atoms with Crippen LogP contribution in [0, 0.1) is 5.92 Å². The van der Waals surface area contributed by atoms with E-state index in [9.17, 15) is 9.59 Å². The molecule has 0 aliphatic heterocycles. The number of Topliss-reactive ketones (excluding diaryl/α,β-unsaturated/α-hetero) is 2. The summed E-state index contributed by atoms with van der Waals surface area (Å²) < 4.78 is 0. The molecule has 4 nitrogen and oxygen atoms in total. The molecule has 0 fully saturated rings. The zero-order valence-electron chi connectivity index (χ0n) is 31.0. The van der Waals surface area contributed by atoms with E-state index in [1.165, 1.54) is 167 Å². The Morgan fingerprint density at radius 1 is 0.422 bits per heavy atom. The highest BCUT2D eigenvalue weighted by atomic mass is 35.5. The number of rotatable bonds is 37. The van der Waals surface area contributed by atoms with E-state index < -0.39 is 5.92 Å². The monoisotopic (exact) mass is 658 g/mol. The number of nitrogens with one attached hydrogen (secondary N) is 1. The van der Waals surface area contributed by atoms with E-state index >= 15 is 0 Å². The van der Waals surface area contributed by atoms with Crippen molar-refractivity contribution in [1.29, 1.82) is 0 Å². The van der Waals surface area contributed by atoms with Crippen LogP contribution in [0.5, 0.6) is 0 Å². The first-order valence-corrected chi connectivity index (χ1v) is 20.0. The van der Waals surface area contributed by atoms with Crippen LogP contribution in [0.25, 0.3) is 0 Å². The molecule has 0 aliphatic rings. The van der Waals surface area contributed by atoms with Gasteiger partial charge in [0.1, 0.15) is 24.1 Å². The van der Waals surface area contributed by atoms with Crippen LogP contribution in [-0.2, 0) is 14.4 Å². The quantitative estimate of drug-likeness (QED) is 0.0415. The predicted molar refractivity (Wildman–Crippen MR) is 191 cm³/mol. The van der Waals surface area contributed by atoms with Gasteiger partial charge in [0.2, 0.25) is 0 Å². The molecule has 0 amide bonds. The molecule has 270 valence electrons.